The second-order valence-corrected chi connectivity index (χ2v) is 8.32. The molecule has 1 N–H and O–H groups in total. The molecule has 0 bridgehead atoms. The maximum absolute atomic E-state index is 13.4. The van der Waals surface area contributed by atoms with Crippen LogP contribution in [0, 0.1) is 23.3 Å². The number of rotatable bonds is 3. The van der Waals surface area contributed by atoms with E-state index in [4.69, 9.17) is 11.6 Å². The van der Waals surface area contributed by atoms with E-state index in [1.165, 1.54) is 4.72 Å². The van der Waals surface area contributed by atoms with Gasteiger partial charge >= 0.3 is 0 Å². The first-order valence-electron chi connectivity index (χ1n) is 4.94. The Hall–Kier alpha value is -0.840. The van der Waals surface area contributed by atoms with Crippen molar-refractivity contribution in [2.24, 2.45) is 0 Å². The van der Waals surface area contributed by atoms with Gasteiger partial charge in [-0.05, 0) is 22.0 Å². The van der Waals surface area contributed by atoms with Crippen molar-refractivity contribution in [3.8, 4) is 0 Å². The summed E-state index contributed by atoms with van der Waals surface area (Å²) in [5.41, 5.74) is -1.44. The number of hydrogen-bond acceptors (Lipinski definition) is 3. The fourth-order valence-corrected chi connectivity index (χ4v) is 4.77. The monoisotopic (exact) mass is 423 g/mol. The Morgan fingerprint density at radius 3 is 2.05 bits per heavy atom. The highest BCUT2D eigenvalue weighted by molar-refractivity contribution is 9.11. The fourth-order valence-electron chi connectivity index (χ4n) is 1.31. The van der Waals surface area contributed by atoms with Crippen molar-refractivity contribution in [3.63, 3.8) is 0 Å². The van der Waals surface area contributed by atoms with Crippen LogP contribution in [0.1, 0.15) is 0 Å². The van der Waals surface area contributed by atoms with Crippen LogP contribution in [0.25, 0.3) is 0 Å². The number of halogens is 6. The third-order valence-corrected chi connectivity index (χ3v) is 6.53. The Kier molecular flexibility index (Phi) is 4.52. The first-order chi connectivity index (χ1) is 9.63. The zero-order valence-electron chi connectivity index (χ0n) is 9.56. The Balaban J connectivity index is 2.51. The van der Waals surface area contributed by atoms with E-state index in [0.717, 1.165) is 6.07 Å². The molecule has 1 aromatic heterocycles. The van der Waals surface area contributed by atoms with Crippen LogP contribution in [0.3, 0.4) is 0 Å². The van der Waals surface area contributed by atoms with Crippen LogP contribution in [0.15, 0.2) is 20.1 Å². The minimum atomic E-state index is -4.45. The van der Waals surface area contributed by atoms with Gasteiger partial charge in [0.2, 0.25) is 0 Å². The van der Waals surface area contributed by atoms with Crippen LogP contribution >= 0.6 is 38.9 Å². The zero-order chi connectivity index (χ0) is 15.9. The molecule has 0 saturated carbocycles. The van der Waals surface area contributed by atoms with Gasteiger partial charge in [0.05, 0.1) is 8.81 Å². The van der Waals surface area contributed by atoms with Crippen molar-refractivity contribution in [3.05, 3.63) is 44.2 Å². The Morgan fingerprint density at radius 1 is 1.10 bits per heavy atom. The van der Waals surface area contributed by atoms with Crippen LogP contribution in [0.2, 0.25) is 5.02 Å². The number of sulfonamides is 1. The van der Waals surface area contributed by atoms with E-state index in [1.807, 2.05) is 0 Å². The molecule has 0 atom stereocenters. The summed E-state index contributed by atoms with van der Waals surface area (Å²) in [5.74, 6) is -7.15. The van der Waals surface area contributed by atoms with Gasteiger partial charge in [-0.25, -0.2) is 26.0 Å². The Bertz CT molecular complexity index is 779. The minimum absolute atomic E-state index is 0.0267. The molecule has 0 unspecified atom stereocenters. The smallest absolute Gasteiger partial charge is 0.271 e. The summed E-state index contributed by atoms with van der Waals surface area (Å²) in [7, 11) is -4.45. The Labute approximate surface area is 133 Å². The molecule has 21 heavy (non-hydrogen) atoms. The maximum atomic E-state index is 13.4. The van der Waals surface area contributed by atoms with Gasteiger partial charge in [-0.15, -0.1) is 11.3 Å². The number of nitrogens with one attached hydrogen (secondary N) is 1. The quantitative estimate of drug-likeness (QED) is 0.582. The molecule has 0 fully saturated rings. The van der Waals surface area contributed by atoms with Gasteiger partial charge in [0.15, 0.2) is 23.3 Å². The lowest BCUT2D eigenvalue weighted by Gasteiger charge is -2.09. The first kappa shape index (κ1) is 16.5. The van der Waals surface area contributed by atoms with Crippen LogP contribution in [0.4, 0.5) is 23.2 Å². The molecular weight excluding hydrogens is 422 g/mol. The molecule has 1 heterocycles. The van der Waals surface area contributed by atoms with Crippen LogP contribution < -0.4 is 4.72 Å². The fraction of sp³-hybridized carbons (Fsp3) is 0. The van der Waals surface area contributed by atoms with Gasteiger partial charge in [-0.1, -0.05) is 11.6 Å². The molecule has 114 valence electrons. The van der Waals surface area contributed by atoms with E-state index in [9.17, 15) is 26.0 Å². The molecule has 0 spiro atoms. The second-order valence-electron chi connectivity index (χ2n) is 3.64. The van der Waals surface area contributed by atoms with Gasteiger partial charge in [0.25, 0.3) is 10.0 Å². The highest BCUT2D eigenvalue weighted by Crippen LogP contribution is 2.36. The predicted molar refractivity (Wildman–Crippen MR) is 74.1 cm³/mol. The van der Waals surface area contributed by atoms with E-state index < -0.39 is 39.0 Å². The molecule has 0 saturated heterocycles. The summed E-state index contributed by atoms with van der Waals surface area (Å²) >= 11 is 9.29. The largest absolute Gasteiger partial charge is 0.273 e. The normalized spacial score (nSPS) is 11.7. The molecule has 2 aromatic rings. The summed E-state index contributed by atoms with van der Waals surface area (Å²) in [5, 5.41) is 0.0618. The lowest BCUT2D eigenvalue weighted by atomic mass is 10.3. The average Bonchev–Trinajstić information content (AvgIpc) is 2.73. The zero-order valence-corrected chi connectivity index (χ0v) is 13.5. The summed E-state index contributed by atoms with van der Waals surface area (Å²) in [6.07, 6.45) is 0. The third-order valence-electron chi connectivity index (χ3n) is 2.24. The predicted octanol–water partition coefficient (Wildman–Crippen LogP) is 4.52. The molecule has 0 radical (unpaired) electrons. The molecule has 0 aliphatic carbocycles. The van der Waals surface area contributed by atoms with Crippen LogP contribution in [0.5, 0.6) is 0 Å². The average molecular weight is 425 g/mol. The highest BCUT2D eigenvalue weighted by Gasteiger charge is 2.26. The molecule has 11 heteroatoms. The van der Waals surface area contributed by atoms with E-state index in [0.29, 0.717) is 11.3 Å². The lowest BCUT2D eigenvalue weighted by molar-refractivity contribution is 0.459. The van der Waals surface area contributed by atoms with Crippen molar-refractivity contribution in [2.75, 3.05) is 4.72 Å². The van der Waals surface area contributed by atoms with Crippen molar-refractivity contribution in [1.29, 1.82) is 0 Å². The maximum Gasteiger partial charge on any atom is 0.271 e. The summed E-state index contributed by atoms with van der Waals surface area (Å²) in [6, 6.07) is 0.991. The van der Waals surface area contributed by atoms with Gasteiger partial charge in [0, 0.05) is 6.07 Å². The van der Waals surface area contributed by atoms with Crippen molar-refractivity contribution in [2.45, 2.75) is 4.21 Å². The van der Waals surface area contributed by atoms with Crippen molar-refractivity contribution < 1.29 is 26.0 Å². The molecule has 1 aromatic carbocycles. The van der Waals surface area contributed by atoms with Crippen molar-refractivity contribution in [1.82, 2.24) is 0 Å². The highest BCUT2D eigenvalue weighted by atomic mass is 79.9. The minimum Gasteiger partial charge on any atom is -0.273 e. The molecule has 3 nitrogen and oxygen atoms in total. The first-order valence-corrected chi connectivity index (χ1v) is 8.41. The summed E-state index contributed by atoms with van der Waals surface area (Å²) < 4.78 is 78.1. The number of thiophene rings is 1. The SMILES string of the molecule is O=S(=O)(Nc1c(F)c(F)cc(F)c1F)c1cc(Cl)c(Br)s1. The summed E-state index contributed by atoms with van der Waals surface area (Å²) in [6.45, 7) is 0. The standard InChI is InChI=1S/C10H3BrClF4NO2S2/c11-10-3(12)1-6(20-10)21(18,19)17-9-7(15)4(13)2-5(14)8(9)16/h1-2,17H. The lowest BCUT2D eigenvalue weighted by Crippen LogP contribution is -2.15. The van der Waals surface area contributed by atoms with Gasteiger partial charge in [-0.2, -0.15) is 0 Å². The Morgan fingerprint density at radius 2 is 1.62 bits per heavy atom. The number of hydrogen-bond donors (Lipinski definition) is 1. The van der Waals surface area contributed by atoms with E-state index in [2.05, 4.69) is 15.9 Å². The molecule has 0 amide bonds. The molecule has 0 aliphatic rings. The molecule has 0 aliphatic heterocycles. The van der Waals surface area contributed by atoms with Gasteiger partial charge < -0.3 is 0 Å². The van der Waals surface area contributed by atoms with Gasteiger partial charge in [0.1, 0.15) is 9.90 Å². The van der Waals surface area contributed by atoms with E-state index >= 15 is 0 Å². The van der Waals surface area contributed by atoms with Crippen LogP contribution in [-0.2, 0) is 10.0 Å². The molecule has 2 rings (SSSR count). The molecular formula is C10H3BrClF4NO2S2. The summed E-state index contributed by atoms with van der Waals surface area (Å²) in [4.78, 5) is 0. The van der Waals surface area contributed by atoms with E-state index in [-0.39, 0.29) is 19.1 Å². The van der Waals surface area contributed by atoms with E-state index in [1.54, 1.807) is 0 Å². The topological polar surface area (TPSA) is 46.2 Å². The van der Waals surface area contributed by atoms with Crippen LogP contribution in [-0.4, -0.2) is 8.42 Å². The number of benzene rings is 1. The van der Waals surface area contributed by atoms with Gasteiger partial charge in [-0.3, -0.25) is 4.72 Å². The van der Waals surface area contributed by atoms with Crippen molar-refractivity contribution >= 4 is 54.6 Å². The number of anilines is 1. The second kappa shape index (κ2) is 5.75. The third kappa shape index (κ3) is 3.17.